The third-order valence-corrected chi connectivity index (χ3v) is 5.79. The van der Waals surface area contributed by atoms with Crippen molar-refractivity contribution in [3.63, 3.8) is 0 Å². The van der Waals surface area contributed by atoms with E-state index >= 15 is 0 Å². The van der Waals surface area contributed by atoms with Crippen LogP contribution in [0.15, 0.2) is 16.3 Å². The summed E-state index contributed by atoms with van der Waals surface area (Å²) < 4.78 is 31.3. The lowest BCUT2D eigenvalue weighted by Gasteiger charge is -2.19. The van der Waals surface area contributed by atoms with E-state index in [9.17, 15) is 8.42 Å². The SMILES string of the molecule is COCCN(CCCl)S(=O)(=O)c1ccc(Cl)s1. The van der Waals surface area contributed by atoms with Crippen LogP contribution in [-0.4, -0.2) is 45.4 Å². The maximum atomic E-state index is 12.2. The molecule has 0 aliphatic rings. The summed E-state index contributed by atoms with van der Waals surface area (Å²) in [5.74, 6) is 0.238. The van der Waals surface area contributed by atoms with Crippen molar-refractivity contribution in [3.05, 3.63) is 16.5 Å². The summed E-state index contributed by atoms with van der Waals surface area (Å²) in [7, 11) is -1.99. The molecule has 0 radical (unpaired) electrons. The molecule has 1 rings (SSSR count). The number of hydrogen-bond donors (Lipinski definition) is 0. The van der Waals surface area contributed by atoms with E-state index in [0.717, 1.165) is 11.3 Å². The zero-order chi connectivity index (χ0) is 12.9. The Morgan fingerprint density at radius 2 is 2.12 bits per heavy atom. The number of sulfonamides is 1. The van der Waals surface area contributed by atoms with Crippen molar-refractivity contribution in [2.75, 3.05) is 32.7 Å². The highest BCUT2D eigenvalue weighted by atomic mass is 35.5. The molecular formula is C9H13Cl2NO3S2. The molecule has 0 unspecified atom stereocenters. The number of nitrogens with zero attached hydrogens (tertiary/aromatic N) is 1. The van der Waals surface area contributed by atoms with Gasteiger partial charge >= 0.3 is 0 Å². The first-order valence-corrected chi connectivity index (χ1v) is 7.99. The normalized spacial score (nSPS) is 12.2. The first-order valence-electron chi connectivity index (χ1n) is 4.82. The molecule has 0 fully saturated rings. The van der Waals surface area contributed by atoms with Crippen molar-refractivity contribution < 1.29 is 13.2 Å². The van der Waals surface area contributed by atoms with Gasteiger partial charge in [0.15, 0.2) is 0 Å². The Morgan fingerprint density at radius 3 is 2.59 bits per heavy atom. The Bertz CT molecular complexity index is 447. The van der Waals surface area contributed by atoms with E-state index in [1.54, 1.807) is 6.07 Å². The number of alkyl halides is 1. The second-order valence-corrected chi connectivity index (χ2v) is 7.40. The third-order valence-electron chi connectivity index (χ3n) is 2.02. The van der Waals surface area contributed by atoms with Crippen LogP contribution in [0.4, 0.5) is 0 Å². The van der Waals surface area contributed by atoms with Crippen LogP contribution < -0.4 is 0 Å². The highest BCUT2D eigenvalue weighted by molar-refractivity contribution is 7.91. The largest absolute Gasteiger partial charge is 0.383 e. The van der Waals surface area contributed by atoms with Gasteiger partial charge < -0.3 is 4.74 Å². The summed E-state index contributed by atoms with van der Waals surface area (Å²) in [5.41, 5.74) is 0. The minimum atomic E-state index is -3.51. The van der Waals surface area contributed by atoms with E-state index in [1.165, 1.54) is 17.5 Å². The van der Waals surface area contributed by atoms with Gasteiger partial charge in [-0.05, 0) is 12.1 Å². The average molecular weight is 318 g/mol. The lowest BCUT2D eigenvalue weighted by molar-refractivity contribution is 0.180. The van der Waals surface area contributed by atoms with Gasteiger partial charge in [0.1, 0.15) is 4.21 Å². The number of halogens is 2. The van der Waals surface area contributed by atoms with Gasteiger partial charge in [0.05, 0.1) is 10.9 Å². The predicted octanol–water partition coefficient (Wildman–Crippen LogP) is 2.28. The fourth-order valence-electron chi connectivity index (χ4n) is 1.20. The Labute approximate surface area is 115 Å². The van der Waals surface area contributed by atoms with Crippen LogP contribution in [0, 0.1) is 0 Å². The minimum Gasteiger partial charge on any atom is -0.383 e. The Morgan fingerprint density at radius 1 is 1.41 bits per heavy atom. The second-order valence-electron chi connectivity index (χ2n) is 3.14. The molecule has 17 heavy (non-hydrogen) atoms. The van der Waals surface area contributed by atoms with E-state index < -0.39 is 10.0 Å². The number of rotatable bonds is 7. The Balaban J connectivity index is 2.91. The standard InChI is InChI=1S/C9H13Cl2NO3S2/c1-15-7-6-12(5-4-10)17(13,14)9-3-2-8(11)16-9/h2-3H,4-7H2,1H3. The van der Waals surface area contributed by atoms with Gasteiger partial charge in [0.2, 0.25) is 0 Å². The summed E-state index contributed by atoms with van der Waals surface area (Å²) in [6.45, 7) is 0.860. The molecular weight excluding hydrogens is 305 g/mol. The molecule has 0 saturated carbocycles. The zero-order valence-corrected chi connectivity index (χ0v) is 12.4. The lowest BCUT2D eigenvalue weighted by Crippen LogP contribution is -2.35. The van der Waals surface area contributed by atoms with Gasteiger partial charge in [-0.25, -0.2) is 8.42 Å². The van der Waals surface area contributed by atoms with Gasteiger partial charge in [-0.15, -0.1) is 22.9 Å². The molecule has 1 heterocycles. The monoisotopic (exact) mass is 317 g/mol. The highest BCUT2D eigenvalue weighted by Crippen LogP contribution is 2.27. The molecule has 0 atom stereocenters. The Hall–Kier alpha value is 0.150. The van der Waals surface area contributed by atoms with Crippen molar-refractivity contribution in [3.8, 4) is 0 Å². The molecule has 0 aromatic carbocycles. The fourth-order valence-corrected chi connectivity index (χ4v) is 4.57. The minimum absolute atomic E-state index is 0.226. The molecule has 0 N–H and O–H groups in total. The van der Waals surface area contributed by atoms with Gasteiger partial charge in [-0.3, -0.25) is 0 Å². The number of methoxy groups -OCH3 is 1. The smallest absolute Gasteiger partial charge is 0.252 e. The molecule has 0 spiro atoms. The number of ether oxygens (including phenoxy) is 1. The molecule has 8 heteroatoms. The van der Waals surface area contributed by atoms with Crippen molar-refractivity contribution >= 4 is 44.6 Å². The van der Waals surface area contributed by atoms with Crippen molar-refractivity contribution in [1.82, 2.24) is 4.31 Å². The zero-order valence-electron chi connectivity index (χ0n) is 9.23. The summed E-state index contributed by atoms with van der Waals surface area (Å²) in [6, 6.07) is 3.06. The molecule has 0 saturated heterocycles. The van der Waals surface area contributed by atoms with Crippen LogP contribution in [0.3, 0.4) is 0 Å². The van der Waals surface area contributed by atoms with Crippen LogP contribution in [-0.2, 0) is 14.8 Å². The van der Waals surface area contributed by atoms with Crippen molar-refractivity contribution in [2.24, 2.45) is 0 Å². The summed E-state index contributed by atoms with van der Waals surface area (Å²) in [5, 5.41) is 0. The molecule has 0 aliphatic heterocycles. The first-order chi connectivity index (χ1) is 8.02. The van der Waals surface area contributed by atoms with Crippen molar-refractivity contribution in [1.29, 1.82) is 0 Å². The molecule has 1 aromatic rings. The topological polar surface area (TPSA) is 46.6 Å². The van der Waals surface area contributed by atoms with E-state index in [0.29, 0.717) is 10.9 Å². The first kappa shape index (κ1) is 15.2. The molecule has 4 nitrogen and oxygen atoms in total. The molecule has 0 amide bonds. The van der Waals surface area contributed by atoms with Crippen LogP contribution in [0.5, 0.6) is 0 Å². The summed E-state index contributed by atoms with van der Waals surface area (Å²) in [6.07, 6.45) is 0. The molecule has 98 valence electrons. The average Bonchev–Trinajstić information content (AvgIpc) is 2.71. The summed E-state index contributed by atoms with van der Waals surface area (Å²) >= 11 is 12.4. The maximum absolute atomic E-state index is 12.2. The van der Waals surface area contributed by atoms with Crippen LogP contribution in [0.25, 0.3) is 0 Å². The van der Waals surface area contributed by atoms with E-state index in [1.807, 2.05) is 0 Å². The molecule has 0 bridgehead atoms. The number of hydrogen-bond acceptors (Lipinski definition) is 4. The third kappa shape index (κ3) is 4.08. The van der Waals surface area contributed by atoms with Crippen LogP contribution >= 0.6 is 34.5 Å². The maximum Gasteiger partial charge on any atom is 0.252 e. The predicted molar refractivity (Wildman–Crippen MR) is 70.7 cm³/mol. The van der Waals surface area contributed by atoms with Gasteiger partial charge in [-0.1, -0.05) is 11.6 Å². The number of thiophene rings is 1. The lowest BCUT2D eigenvalue weighted by atomic mass is 10.6. The van der Waals surface area contributed by atoms with E-state index in [-0.39, 0.29) is 23.2 Å². The van der Waals surface area contributed by atoms with Gasteiger partial charge in [-0.2, -0.15) is 4.31 Å². The summed E-state index contributed by atoms with van der Waals surface area (Å²) in [4.78, 5) is 0. The van der Waals surface area contributed by atoms with Crippen molar-refractivity contribution in [2.45, 2.75) is 4.21 Å². The van der Waals surface area contributed by atoms with E-state index in [2.05, 4.69) is 0 Å². The second kappa shape index (κ2) is 6.92. The van der Waals surface area contributed by atoms with Gasteiger partial charge in [0.25, 0.3) is 10.0 Å². The Kier molecular flexibility index (Phi) is 6.19. The van der Waals surface area contributed by atoms with Gasteiger partial charge in [0, 0.05) is 26.1 Å². The quantitative estimate of drug-likeness (QED) is 0.725. The molecule has 0 aliphatic carbocycles. The fraction of sp³-hybridized carbons (Fsp3) is 0.556. The molecule has 1 aromatic heterocycles. The highest BCUT2D eigenvalue weighted by Gasteiger charge is 2.25. The van der Waals surface area contributed by atoms with E-state index in [4.69, 9.17) is 27.9 Å². The van der Waals surface area contributed by atoms with Crippen LogP contribution in [0.1, 0.15) is 0 Å². The van der Waals surface area contributed by atoms with Crippen LogP contribution in [0.2, 0.25) is 4.34 Å².